The maximum absolute atomic E-state index is 12.5. The molecule has 0 bridgehead atoms. The molecule has 0 heterocycles. The third-order valence-corrected chi connectivity index (χ3v) is 10.7. The van der Waals surface area contributed by atoms with Crippen LogP contribution in [0.3, 0.4) is 0 Å². The van der Waals surface area contributed by atoms with Gasteiger partial charge in [0.25, 0.3) is 30.4 Å². The summed E-state index contributed by atoms with van der Waals surface area (Å²) in [6, 6.07) is 22.3. The van der Waals surface area contributed by atoms with Crippen LogP contribution in [0.4, 0.5) is 56.9 Å². The van der Waals surface area contributed by atoms with Gasteiger partial charge in [0, 0.05) is 11.8 Å². The Hall–Kier alpha value is -7.40. The number of hydrogen-bond acceptors (Lipinski definition) is 18. The van der Waals surface area contributed by atoms with Gasteiger partial charge in [-0.3, -0.25) is 13.7 Å². The number of nitriles is 1. The summed E-state index contributed by atoms with van der Waals surface area (Å²) in [5, 5.41) is 55.1. The normalized spacial score (nSPS) is 12.4. The lowest BCUT2D eigenvalue weighted by atomic mass is 10.1. The van der Waals surface area contributed by atoms with Crippen molar-refractivity contribution in [2.45, 2.75) is 14.7 Å². The SMILES string of the molecule is N#Cc1ccc(/N=N/c2c(S(=O)(=O)O)cc3cc(S(=O)(=O)O)c(/N=N/c4ccc(Nc5ccc(/N=N/c6ccc(O)cc6N)cc5)c(S(=O)(=O)O)c4)c(N)c3c2O)cc1. The van der Waals surface area contributed by atoms with Gasteiger partial charge >= 0.3 is 0 Å². The Morgan fingerprint density at radius 3 is 1.68 bits per heavy atom. The molecule has 0 atom stereocenters. The maximum atomic E-state index is 12.5. The van der Waals surface area contributed by atoms with Gasteiger partial charge in [-0.15, -0.1) is 15.3 Å². The summed E-state index contributed by atoms with van der Waals surface area (Å²) < 4.78 is 105. The van der Waals surface area contributed by atoms with E-state index in [9.17, 15) is 49.1 Å². The Kier molecular flexibility index (Phi) is 11.1. The molecular formula is C35H26N10O11S3. The highest BCUT2D eigenvalue weighted by Gasteiger charge is 2.28. The number of benzene rings is 6. The number of nitrogens with zero attached hydrogens (tertiary/aromatic N) is 7. The lowest BCUT2D eigenvalue weighted by Crippen LogP contribution is -2.04. The molecule has 21 nitrogen and oxygen atoms in total. The molecule has 0 saturated carbocycles. The summed E-state index contributed by atoms with van der Waals surface area (Å²) in [4.78, 5) is -2.77. The van der Waals surface area contributed by atoms with Crippen molar-refractivity contribution >= 4 is 98.0 Å². The van der Waals surface area contributed by atoms with Crippen molar-refractivity contribution in [2.75, 3.05) is 16.8 Å². The van der Waals surface area contributed by atoms with Gasteiger partial charge in [0.1, 0.15) is 37.5 Å². The van der Waals surface area contributed by atoms with Gasteiger partial charge in [0.2, 0.25) is 0 Å². The average molecular weight is 859 g/mol. The van der Waals surface area contributed by atoms with Crippen LogP contribution in [0.15, 0.2) is 142 Å². The number of anilines is 4. The Morgan fingerprint density at radius 2 is 1.10 bits per heavy atom. The highest BCUT2D eigenvalue weighted by atomic mass is 32.2. The Bertz CT molecular complexity index is 3150. The van der Waals surface area contributed by atoms with Gasteiger partial charge in [-0.1, -0.05) is 0 Å². The Balaban J connectivity index is 1.37. The fourth-order valence-electron chi connectivity index (χ4n) is 5.32. The molecule has 6 aromatic carbocycles. The lowest BCUT2D eigenvalue weighted by Gasteiger charge is -2.14. The molecule has 0 saturated heterocycles. The quantitative estimate of drug-likeness (QED) is 0.0347. The number of nitrogens with one attached hydrogen (secondary N) is 1. The molecule has 0 aliphatic heterocycles. The van der Waals surface area contributed by atoms with E-state index in [-0.39, 0.29) is 34.1 Å². The zero-order valence-corrected chi connectivity index (χ0v) is 31.9. The number of phenols is 2. The first-order valence-corrected chi connectivity index (χ1v) is 20.4. The molecule has 0 unspecified atom stereocenters. The fourth-order valence-corrected chi connectivity index (χ4v) is 7.32. The van der Waals surface area contributed by atoms with Crippen LogP contribution < -0.4 is 16.8 Å². The van der Waals surface area contributed by atoms with Crippen molar-refractivity contribution in [2.24, 2.45) is 30.7 Å². The minimum atomic E-state index is -5.24. The first kappa shape index (κ1) is 41.2. The second kappa shape index (κ2) is 15.9. The molecule has 24 heteroatoms. The highest BCUT2D eigenvalue weighted by molar-refractivity contribution is 7.86. The van der Waals surface area contributed by atoms with Crippen LogP contribution in [0, 0.1) is 11.3 Å². The summed E-state index contributed by atoms with van der Waals surface area (Å²) in [6.45, 7) is 0. The van der Waals surface area contributed by atoms with Crippen molar-refractivity contribution in [1.82, 2.24) is 0 Å². The van der Waals surface area contributed by atoms with Crippen LogP contribution in [0.1, 0.15) is 5.56 Å². The second-order valence-corrected chi connectivity index (χ2v) is 16.3. The molecule has 0 fully saturated rings. The van der Waals surface area contributed by atoms with Crippen LogP contribution in [0.2, 0.25) is 0 Å². The van der Waals surface area contributed by atoms with E-state index in [1.165, 1.54) is 78.9 Å². The van der Waals surface area contributed by atoms with E-state index in [4.69, 9.17) is 16.7 Å². The van der Waals surface area contributed by atoms with E-state index >= 15 is 0 Å². The lowest BCUT2D eigenvalue weighted by molar-refractivity contribution is 0.472. The van der Waals surface area contributed by atoms with Crippen molar-refractivity contribution in [3.63, 3.8) is 0 Å². The number of rotatable bonds is 11. The number of nitrogens with two attached hydrogens (primary N) is 2. The van der Waals surface area contributed by atoms with E-state index in [1.54, 1.807) is 0 Å². The summed E-state index contributed by atoms with van der Waals surface area (Å²) in [5.74, 6) is -1.07. The van der Waals surface area contributed by atoms with E-state index < -0.39 is 78.6 Å². The summed E-state index contributed by atoms with van der Waals surface area (Å²) in [7, 11) is -15.4. The third-order valence-electron chi connectivity index (χ3n) is 8.07. The Labute approximate surface area is 333 Å². The van der Waals surface area contributed by atoms with E-state index in [1.807, 2.05) is 6.07 Å². The first-order valence-electron chi connectivity index (χ1n) is 16.1. The molecule has 0 aliphatic rings. The van der Waals surface area contributed by atoms with Crippen molar-refractivity contribution in [1.29, 1.82) is 5.26 Å². The predicted molar refractivity (Wildman–Crippen MR) is 212 cm³/mol. The van der Waals surface area contributed by atoms with Crippen molar-refractivity contribution in [3.8, 4) is 17.6 Å². The van der Waals surface area contributed by atoms with Crippen LogP contribution in [0.5, 0.6) is 11.5 Å². The van der Waals surface area contributed by atoms with Crippen LogP contribution in [-0.4, -0.2) is 49.1 Å². The van der Waals surface area contributed by atoms with Crippen molar-refractivity contribution in [3.05, 3.63) is 103 Å². The molecule has 10 N–H and O–H groups in total. The smallest absolute Gasteiger partial charge is 0.296 e. The molecule has 0 aromatic heterocycles. The molecule has 0 aliphatic carbocycles. The fraction of sp³-hybridized carbons (Fsp3) is 0. The Morgan fingerprint density at radius 1 is 0.576 bits per heavy atom. The molecule has 0 amide bonds. The monoisotopic (exact) mass is 858 g/mol. The molecule has 300 valence electrons. The number of aromatic hydroxyl groups is 2. The number of phenolic OH excluding ortho intramolecular Hbond substituents is 2. The van der Waals surface area contributed by atoms with Gasteiger partial charge in [-0.2, -0.15) is 45.9 Å². The molecular weight excluding hydrogens is 833 g/mol. The van der Waals surface area contributed by atoms with Crippen LogP contribution in [0.25, 0.3) is 10.8 Å². The van der Waals surface area contributed by atoms with Gasteiger partial charge in [-0.05, 0) is 96.4 Å². The molecule has 6 aromatic rings. The highest BCUT2D eigenvalue weighted by Crippen LogP contribution is 2.48. The third kappa shape index (κ3) is 9.26. The largest absolute Gasteiger partial charge is 0.508 e. The van der Waals surface area contributed by atoms with Gasteiger partial charge in [0.05, 0.1) is 51.1 Å². The van der Waals surface area contributed by atoms with Gasteiger partial charge in [-0.25, -0.2) is 0 Å². The van der Waals surface area contributed by atoms with Gasteiger partial charge in [0.15, 0.2) is 5.75 Å². The average Bonchev–Trinajstić information content (AvgIpc) is 3.16. The minimum absolute atomic E-state index is 0.0438. The van der Waals surface area contributed by atoms with Crippen LogP contribution >= 0.6 is 0 Å². The topological polar surface area (TPSA) is 366 Å². The minimum Gasteiger partial charge on any atom is -0.508 e. The number of azo groups is 3. The summed E-state index contributed by atoms with van der Waals surface area (Å²) in [5.41, 5.74) is 10.9. The number of fused-ring (bicyclic) bond motifs is 1. The molecule has 0 spiro atoms. The van der Waals surface area contributed by atoms with E-state index in [0.29, 0.717) is 29.2 Å². The summed E-state index contributed by atoms with van der Waals surface area (Å²) >= 11 is 0. The molecule has 0 radical (unpaired) electrons. The van der Waals surface area contributed by atoms with Gasteiger partial charge < -0.3 is 27.0 Å². The number of nitrogen functional groups attached to an aromatic ring is 2. The summed E-state index contributed by atoms with van der Waals surface area (Å²) in [6.07, 6.45) is 0. The zero-order chi connectivity index (χ0) is 42.9. The standard InChI is InChI=1S/C35H26N10O11S3/c36-17-18-1-3-21(4-2-18)41-45-34-30(59(54,55)56)14-19-13-29(58(51,52)53)33(32(38)31(19)35(34)47)44-42-23-9-11-27(28(15-23)57(48,49)50)39-20-5-7-22(8-6-20)40-43-26-12-10-24(46)16-25(26)37/h1-16,39,46-47H,37-38H2,(H,48,49,50)(H,51,52,53)(H,54,55,56)/b43-40+,44-42+,45-41+. The van der Waals surface area contributed by atoms with E-state index in [2.05, 4.69) is 36.0 Å². The second-order valence-electron chi connectivity index (χ2n) is 12.1. The predicted octanol–water partition coefficient (Wildman–Crippen LogP) is 8.02. The number of hydrogen-bond donors (Lipinski definition) is 8. The van der Waals surface area contributed by atoms with E-state index in [0.717, 1.165) is 6.07 Å². The molecule has 59 heavy (non-hydrogen) atoms. The first-order chi connectivity index (χ1) is 27.7. The maximum Gasteiger partial charge on any atom is 0.296 e. The zero-order valence-electron chi connectivity index (χ0n) is 29.4. The van der Waals surface area contributed by atoms with Crippen molar-refractivity contribution < 1.29 is 49.1 Å². The van der Waals surface area contributed by atoms with Crippen LogP contribution in [-0.2, 0) is 30.4 Å². The molecule has 6 rings (SSSR count).